The number of alkyl halides is 1. The molecule has 0 saturated heterocycles. The van der Waals surface area contributed by atoms with Crippen LogP contribution in [0.1, 0.15) is 31.7 Å². The molecule has 0 saturated carbocycles. The quantitative estimate of drug-likeness (QED) is 0.728. The third-order valence-corrected chi connectivity index (χ3v) is 3.20. The van der Waals surface area contributed by atoms with Gasteiger partial charge in [0.2, 0.25) is 0 Å². The van der Waals surface area contributed by atoms with E-state index in [1.165, 1.54) is 12.0 Å². The standard InChI is InChI=1S/C13H19BrO/c1-10(2)13(7-8-14)11-5-4-6-12(9-11)15-3/h4-6,9-10,13H,7-8H2,1-3H3. The molecule has 1 rings (SSSR count). The first-order valence-corrected chi connectivity index (χ1v) is 6.51. The highest BCUT2D eigenvalue weighted by atomic mass is 79.9. The van der Waals surface area contributed by atoms with Crippen molar-refractivity contribution in [3.63, 3.8) is 0 Å². The largest absolute Gasteiger partial charge is 0.497 e. The van der Waals surface area contributed by atoms with Crippen molar-refractivity contribution >= 4 is 15.9 Å². The van der Waals surface area contributed by atoms with Crippen molar-refractivity contribution in [1.82, 2.24) is 0 Å². The normalized spacial score (nSPS) is 12.9. The molecular formula is C13H19BrO. The number of hydrogen-bond donors (Lipinski definition) is 0. The highest BCUT2D eigenvalue weighted by Crippen LogP contribution is 2.30. The first-order valence-electron chi connectivity index (χ1n) is 5.39. The number of halogens is 1. The van der Waals surface area contributed by atoms with Crippen LogP contribution in [0.5, 0.6) is 5.75 Å². The van der Waals surface area contributed by atoms with E-state index in [1.807, 2.05) is 6.07 Å². The van der Waals surface area contributed by atoms with Gasteiger partial charge in [0.15, 0.2) is 0 Å². The second-order valence-electron chi connectivity index (χ2n) is 4.10. The van der Waals surface area contributed by atoms with Gasteiger partial charge in [-0.15, -0.1) is 0 Å². The minimum absolute atomic E-state index is 0.611. The van der Waals surface area contributed by atoms with Gasteiger partial charge in [-0.1, -0.05) is 41.9 Å². The Balaban J connectivity index is 2.89. The summed E-state index contributed by atoms with van der Waals surface area (Å²) in [5.41, 5.74) is 1.38. The van der Waals surface area contributed by atoms with Crippen molar-refractivity contribution in [2.75, 3.05) is 12.4 Å². The van der Waals surface area contributed by atoms with Crippen molar-refractivity contribution < 1.29 is 4.74 Å². The van der Waals surface area contributed by atoms with Crippen LogP contribution in [-0.4, -0.2) is 12.4 Å². The second-order valence-corrected chi connectivity index (χ2v) is 4.90. The lowest BCUT2D eigenvalue weighted by Crippen LogP contribution is -2.07. The zero-order valence-corrected chi connectivity index (χ0v) is 11.3. The summed E-state index contributed by atoms with van der Waals surface area (Å²) in [7, 11) is 1.72. The second kappa shape index (κ2) is 6.16. The Morgan fingerprint density at radius 2 is 2.07 bits per heavy atom. The molecule has 84 valence electrons. The Hall–Kier alpha value is -0.500. The molecule has 0 bridgehead atoms. The molecular weight excluding hydrogens is 252 g/mol. The summed E-state index contributed by atoms with van der Waals surface area (Å²) < 4.78 is 5.25. The van der Waals surface area contributed by atoms with Crippen molar-refractivity contribution in [3.8, 4) is 5.75 Å². The van der Waals surface area contributed by atoms with E-state index >= 15 is 0 Å². The molecule has 1 unspecified atom stereocenters. The summed E-state index contributed by atoms with van der Waals surface area (Å²) >= 11 is 3.52. The zero-order valence-electron chi connectivity index (χ0n) is 9.66. The van der Waals surface area contributed by atoms with Gasteiger partial charge in [0.05, 0.1) is 7.11 Å². The third-order valence-electron chi connectivity index (χ3n) is 2.75. The Labute approximate surface area is 101 Å². The highest BCUT2D eigenvalue weighted by molar-refractivity contribution is 9.09. The number of benzene rings is 1. The average molecular weight is 271 g/mol. The van der Waals surface area contributed by atoms with E-state index in [9.17, 15) is 0 Å². The van der Waals surface area contributed by atoms with Gasteiger partial charge in [0.25, 0.3) is 0 Å². The van der Waals surface area contributed by atoms with E-state index < -0.39 is 0 Å². The number of methoxy groups -OCH3 is 1. The van der Waals surface area contributed by atoms with E-state index in [4.69, 9.17) is 4.74 Å². The van der Waals surface area contributed by atoms with Crippen molar-refractivity contribution in [2.24, 2.45) is 5.92 Å². The SMILES string of the molecule is COc1cccc(C(CCBr)C(C)C)c1. The van der Waals surface area contributed by atoms with Crippen LogP contribution in [-0.2, 0) is 0 Å². The Bertz CT molecular complexity index is 296. The first kappa shape index (κ1) is 12.6. The summed E-state index contributed by atoms with van der Waals surface area (Å²) in [4.78, 5) is 0. The predicted molar refractivity (Wildman–Crippen MR) is 69.0 cm³/mol. The van der Waals surface area contributed by atoms with Crippen molar-refractivity contribution in [1.29, 1.82) is 0 Å². The number of hydrogen-bond acceptors (Lipinski definition) is 1. The van der Waals surface area contributed by atoms with Crippen LogP contribution < -0.4 is 4.74 Å². The molecule has 0 fully saturated rings. The molecule has 0 amide bonds. The summed E-state index contributed by atoms with van der Waals surface area (Å²) in [6.45, 7) is 4.54. The molecule has 0 aliphatic rings. The molecule has 0 spiro atoms. The lowest BCUT2D eigenvalue weighted by atomic mass is 9.86. The topological polar surface area (TPSA) is 9.23 Å². The molecule has 0 aliphatic carbocycles. The van der Waals surface area contributed by atoms with Crippen molar-refractivity contribution in [3.05, 3.63) is 29.8 Å². The first-order chi connectivity index (χ1) is 7.19. The van der Waals surface area contributed by atoms with Crippen LogP contribution >= 0.6 is 15.9 Å². The van der Waals surface area contributed by atoms with Crippen LogP contribution in [0.25, 0.3) is 0 Å². The summed E-state index contributed by atoms with van der Waals surface area (Å²) in [5, 5.41) is 1.05. The fourth-order valence-electron chi connectivity index (χ4n) is 1.87. The van der Waals surface area contributed by atoms with Crippen LogP contribution in [0, 0.1) is 5.92 Å². The Kier molecular flexibility index (Phi) is 5.16. The predicted octanol–water partition coefficient (Wildman–Crippen LogP) is 4.22. The van der Waals surface area contributed by atoms with Gasteiger partial charge in [-0.3, -0.25) is 0 Å². The molecule has 1 aromatic carbocycles. The molecule has 0 aromatic heterocycles. The average Bonchev–Trinajstić information content (AvgIpc) is 2.25. The molecule has 15 heavy (non-hydrogen) atoms. The minimum atomic E-state index is 0.611. The van der Waals surface area contributed by atoms with E-state index in [2.05, 4.69) is 48.0 Å². The van der Waals surface area contributed by atoms with Gasteiger partial charge in [-0.2, -0.15) is 0 Å². The van der Waals surface area contributed by atoms with Crippen LogP contribution in [0.3, 0.4) is 0 Å². The van der Waals surface area contributed by atoms with Crippen LogP contribution in [0.4, 0.5) is 0 Å². The number of ether oxygens (including phenoxy) is 1. The highest BCUT2D eigenvalue weighted by Gasteiger charge is 2.15. The van der Waals surface area contributed by atoms with Crippen LogP contribution in [0.15, 0.2) is 24.3 Å². The molecule has 0 heterocycles. The van der Waals surface area contributed by atoms with Crippen LogP contribution in [0.2, 0.25) is 0 Å². The van der Waals surface area contributed by atoms with E-state index in [0.29, 0.717) is 11.8 Å². The summed E-state index contributed by atoms with van der Waals surface area (Å²) in [6.07, 6.45) is 1.17. The summed E-state index contributed by atoms with van der Waals surface area (Å²) in [6, 6.07) is 8.40. The van der Waals surface area contributed by atoms with E-state index in [-0.39, 0.29) is 0 Å². The van der Waals surface area contributed by atoms with E-state index in [1.54, 1.807) is 7.11 Å². The smallest absolute Gasteiger partial charge is 0.119 e. The maximum Gasteiger partial charge on any atom is 0.119 e. The lowest BCUT2D eigenvalue weighted by Gasteiger charge is -2.20. The maximum absolute atomic E-state index is 5.25. The molecule has 0 aliphatic heterocycles. The zero-order chi connectivity index (χ0) is 11.3. The fraction of sp³-hybridized carbons (Fsp3) is 0.538. The van der Waals surface area contributed by atoms with Gasteiger partial charge < -0.3 is 4.74 Å². The molecule has 1 atom stereocenters. The molecule has 2 heteroatoms. The Morgan fingerprint density at radius 3 is 2.60 bits per heavy atom. The van der Waals surface area contributed by atoms with Gasteiger partial charge in [-0.25, -0.2) is 0 Å². The number of rotatable bonds is 5. The van der Waals surface area contributed by atoms with Gasteiger partial charge in [-0.05, 0) is 36.0 Å². The van der Waals surface area contributed by atoms with Gasteiger partial charge >= 0.3 is 0 Å². The molecule has 1 nitrogen and oxygen atoms in total. The Morgan fingerprint density at radius 1 is 1.33 bits per heavy atom. The lowest BCUT2D eigenvalue weighted by molar-refractivity contribution is 0.412. The molecule has 1 aromatic rings. The fourth-order valence-corrected chi connectivity index (χ4v) is 2.37. The van der Waals surface area contributed by atoms with Crippen molar-refractivity contribution in [2.45, 2.75) is 26.2 Å². The summed E-state index contributed by atoms with van der Waals surface area (Å²) in [5.74, 6) is 2.22. The van der Waals surface area contributed by atoms with Gasteiger partial charge in [0.1, 0.15) is 5.75 Å². The molecule has 0 N–H and O–H groups in total. The maximum atomic E-state index is 5.25. The molecule has 0 radical (unpaired) electrons. The van der Waals surface area contributed by atoms with E-state index in [0.717, 1.165) is 11.1 Å². The van der Waals surface area contributed by atoms with Gasteiger partial charge in [0, 0.05) is 5.33 Å². The minimum Gasteiger partial charge on any atom is -0.497 e. The monoisotopic (exact) mass is 270 g/mol. The third kappa shape index (κ3) is 3.53.